The second kappa shape index (κ2) is 9.66. The molecule has 0 amide bonds. The number of likely N-dealkylation sites (tertiary alicyclic amines) is 1. The van der Waals surface area contributed by atoms with Crippen molar-refractivity contribution in [2.45, 2.75) is 45.2 Å². The Kier molecular flexibility index (Phi) is 6.48. The molecule has 4 nitrogen and oxygen atoms in total. The zero-order chi connectivity index (χ0) is 22.7. The Labute approximate surface area is 198 Å². The minimum absolute atomic E-state index is 0.167. The number of nitrogens with one attached hydrogen (secondary N) is 1. The van der Waals surface area contributed by atoms with E-state index in [0.717, 1.165) is 49.7 Å². The van der Waals surface area contributed by atoms with Crippen LogP contribution in [0.4, 0.5) is 0 Å². The standard InChI is InChI=1S/C29H35N3O/c1-3-23-20-32(19-22-10-6-5-7-11-22)17-16-29(23)21-30-18-27-25(29)14-15-26(31-27)24-12-8-9-13-28(24)33-4-2/h5-15,23,30H,3-4,16-21H2,1-2H3/t23-,29+/m0/s1. The van der Waals surface area contributed by atoms with Crippen molar-refractivity contribution in [3.05, 3.63) is 83.6 Å². The summed E-state index contributed by atoms with van der Waals surface area (Å²) in [4.78, 5) is 7.82. The maximum absolute atomic E-state index is 5.88. The third kappa shape index (κ3) is 4.30. The quantitative estimate of drug-likeness (QED) is 0.554. The van der Waals surface area contributed by atoms with E-state index in [1.165, 1.54) is 29.7 Å². The molecule has 0 aliphatic carbocycles. The fraction of sp³-hybridized carbons (Fsp3) is 0.414. The van der Waals surface area contributed by atoms with Gasteiger partial charge in [-0.15, -0.1) is 0 Å². The number of para-hydroxylation sites is 1. The lowest BCUT2D eigenvalue weighted by atomic mass is 9.63. The topological polar surface area (TPSA) is 37.4 Å². The third-order valence-electron chi connectivity index (χ3n) is 7.58. The van der Waals surface area contributed by atoms with E-state index in [4.69, 9.17) is 9.72 Å². The summed E-state index contributed by atoms with van der Waals surface area (Å²) < 4.78 is 5.88. The molecule has 2 aliphatic heterocycles. The van der Waals surface area contributed by atoms with Crippen molar-refractivity contribution < 1.29 is 4.74 Å². The number of ether oxygens (including phenoxy) is 1. The average Bonchev–Trinajstić information content (AvgIpc) is 2.86. The molecule has 0 saturated carbocycles. The van der Waals surface area contributed by atoms with Gasteiger partial charge in [0.15, 0.2) is 0 Å². The molecule has 2 aliphatic rings. The van der Waals surface area contributed by atoms with Crippen LogP contribution in [0.25, 0.3) is 11.3 Å². The summed E-state index contributed by atoms with van der Waals surface area (Å²) in [7, 11) is 0. The van der Waals surface area contributed by atoms with Crippen LogP contribution in [0.1, 0.15) is 43.5 Å². The van der Waals surface area contributed by atoms with Gasteiger partial charge in [0.05, 0.1) is 18.0 Å². The average molecular weight is 442 g/mol. The summed E-state index contributed by atoms with van der Waals surface area (Å²) in [6.07, 6.45) is 2.36. The number of aromatic nitrogens is 1. The minimum atomic E-state index is 0.167. The first-order chi connectivity index (χ1) is 16.2. The summed E-state index contributed by atoms with van der Waals surface area (Å²) in [6, 6.07) is 23.7. The molecule has 3 heterocycles. The van der Waals surface area contributed by atoms with Crippen molar-refractivity contribution >= 4 is 0 Å². The fourth-order valence-electron chi connectivity index (χ4n) is 5.93. The highest BCUT2D eigenvalue weighted by atomic mass is 16.5. The normalized spacial score (nSPS) is 22.8. The predicted octanol–water partition coefficient (Wildman–Crippen LogP) is 5.42. The summed E-state index contributed by atoms with van der Waals surface area (Å²) in [5.41, 5.74) is 6.33. The van der Waals surface area contributed by atoms with Gasteiger partial charge in [0.2, 0.25) is 0 Å². The number of hydrogen-bond donors (Lipinski definition) is 1. The molecule has 33 heavy (non-hydrogen) atoms. The van der Waals surface area contributed by atoms with Crippen molar-refractivity contribution in [2.75, 3.05) is 26.2 Å². The first-order valence-electron chi connectivity index (χ1n) is 12.4. The van der Waals surface area contributed by atoms with Crippen LogP contribution in [0.15, 0.2) is 66.7 Å². The maximum atomic E-state index is 5.88. The van der Waals surface area contributed by atoms with Gasteiger partial charge in [0.25, 0.3) is 0 Å². The van der Waals surface area contributed by atoms with Crippen LogP contribution in [0.5, 0.6) is 5.75 Å². The van der Waals surface area contributed by atoms with Crippen LogP contribution in [0, 0.1) is 5.92 Å². The monoisotopic (exact) mass is 441 g/mol. The summed E-state index contributed by atoms with van der Waals surface area (Å²) in [5, 5.41) is 3.74. The van der Waals surface area contributed by atoms with Crippen molar-refractivity contribution in [1.82, 2.24) is 15.2 Å². The van der Waals surface area contributed by atoms with Gasteiger partial charge in [-0.25, -0.2) is 0 Å². The fourth-order valence-corrected chi connectivity index (χ4v) is 5.93. The van der Waals surface area contributed by atoms with Gasteiger partial charge in [-0.1, -0.05) is 61.9 Å². The van der Waals surface area contributed by atoms with E-state index in [2.05, 4.69) is 71.7 Å². The molecule has 1 spiro atoms. The Hall–Kier alpha value is -2.69. The highest BCUT2D eigenvalue weighted by molar-refractivity contribution is 5.67. The highest BCUT2D eigenvalue weighted by Gasteiger charge is 2.46. The predicted molar refractivity (Wildman–Crippen MR) is 134 cm³/mol. The minimum Gasteiger partial charge on any atom is -0.493 e. The van der Waals surface area contributed by atoms with Gasteiger partial charge in [-0.2, -0.15) is 0 Å². The molecule has 1 saturated heterocycles. The van der Waals surface area contributed by atoms with E-state index in [9.17, 15) is 0 Å². The van der Waals surface area contributed by atoms with Crippen LogP contribution in [-0.2, 0) is 18.5 Å². The second-order valence-electron chi connectivity index (χ2n) is 9.46. The van der Waals surface area contributed by atoms with Gasteiger partial charge >= 0.3 is 0 Å². The molecule has 1 N–H and O–H groups in total. The molecular weight excluding hydrogens is 406 g/mol. The maximum Gasteiger partial charge on any atom is 0.128 e. The Morgan fingerprint density at radius 3 is 2.67 bits per heavy atom. The number of nitrogens with zero attached hydrogens (tertiary/aromatic N) is 2. The zero-order valence-corrected chi connectivity index (χ0v) is 19.9. The lowest BCUT2D eigenvalue weighted by Crippen LogP contribution is -2.56. The van der Waals surface area contributed by atoms with E-state index in [-0.39, 0.29) is 5.41 Å². The van der Waals surface area contributed by atoms with E-state index >= 15 is 0 Å². The van der Waals surface area contributed by atoms with Gasteiger partial charge in [0.1, 0.15) is 5.75 Å². The van der Waals surface area contributed by atoms with Crippen LogP contribution >= 0.6 is 0 Å². The molecule has 3 aromatic rings. The number of benzene rings is 2. The van der Waals surface area contributed by atoms with Gasteiger partial charge in [-0.05, 0) is 55.1 Å². The first kappa shape index (κ1) is 22.1. The Morgan fingerprint density at radius 2 is 1.85 bits per heavy atom. The molecule has 5 rings (SSSR count). The second-order valence-corrected chi connectivity index (χ2v) is 9.46. The molecule has 0 bridgehead atoms. The van der Waals surface area contributed by atoms with Crippen LogP contribution in [0.3, 0.4) is 0 Å². The molecule has 1 fully saturated rings. The van der Waals surface area contributed by atoms with E-state index in [1.807, 2.05) is 19.1 Å². The lowest BCUT2D eigenvalue weighted by Gasteiger charge is -2.50. The Bertz CT molecular complexity index is 1080. The van der Waals surface area contributed by atoms with Crippen molar-refractivity contribution in [3.63, 3.8) is 0 Å². The molecule has 0 radical (unpaired) electrons. The Balaban J connectivity index is 1.43. The van der Waals surface area contributed by atoms with E-state index < -0.39 is 0 Å². The summed E-state index contributed by atoms with van der Waals surface area (Å²) in [6.45, 7) is 10.2. The Morgan fingerprint density at radius 1 is 1.03 bits per heavy atom. The van der Waals surface area contributed by atoms with E-state index in [0.29, 0.717) is 12.5 Å². The summed E-state index contributed by atoms with van der Waals surface area (Å²) >= 11 is 0. The largest absolute Gasteiger partial charge is 0.493 e. The number of hydrogen-bond acceptors (Lipinski definition) is 4. The number of piperidine rings is 1. The van der Waals surface area contributed by atoms with E-state index in [1.54, 1.807) is 0 Å². The van der Waals surface area contributed by atoms with Crippen LogP contribution in [-0.4, -0.2) is 36.1 Å². The lowest BCUT2D eigenvalue weighted by molar-refractivity contribution is 0.0751. The van der Waals surface area contributed by atoms with Crippen LogP contribution in [0.2, 0.25) is 0 Å². The SMILES string of the molecule is CCOc1ccccc1-c1ccc2c(n1)CNC[C@@]21CCN(Cc2ccccc2)C[C@@H]1CC. The zero-order valence-electron chi connectivity index (χ0n) is 19.9. The third-order valence-corrected chi connectivity index (χ3v) is 7.58. The molecular formula is C29H35N3O. The molecule has 1 aromatic heterocycles. The molecule has 0 unspecified atom stereocenters. The number of rotatable bonds is 6. The van der Waals surface area contributed by atoms with Gasteiger partial charge < -0.3 is 10.1 Å². The van der Waals surface area contributed by atoms with Crippen molar-refractivity contribution in [1.29, 1.82) is 0 Å². The molecule has 2 aromatic carbocycles. The highest BCUT2D eigenvalue weighted by Crippen LogP contribution is 2.45. The number of pyridine rings is 1. The molecule has 172 valence electrons. The molecule has 2 atom stereocenters. The summed E-state index contributed by atoms with van der Waals surface area (Å²) in [5.74, 6) is 1.52. The smallest absolute Gasteiger partial charge is 0.128 e. The van der Waals surface area contributed by atoms with Gasteiger partial charge in [-0.3, -0.25) is 9.88 Å². The van der Waals surface area contributed by atoms with Crippen molar-refractivity contribution in [2.24, 2.45) is 5.92 Å². The van der Waals surface area contributed by atoms with Gasteiger partial charge in [0, 0.05) is 37.2 Å². The first-order valence-corrected chi connectivity index (χ1v) is 12.4. The van der Waals surface area contributed by atoms with Crippen molar-refractivity contribution in [3.8, 4) is 17.0 Å². The molecule has 4 heteroatoms. The number of fused-ring (bicyclic) bond motifs is 2. The van der Waals surface area contributed by atoms with Crippen LogP contribution < -0.4 is 10.1 Å².